The van der Waals surface area contributed by atoms with Crippen LogP contribution >= 0.6 is 0 Å². The highest BCUT2D eigenvalue weighted by Gasteiger charge is 2.09. The van der Waals surface area contributed by atoms with Crippen LogP contribution in [-0.2, 0) is 22.4 Å². The second-order valence-corrected chi connectivity index (χ2v) is 9.25. The van der Waals surface area contributed by atoms with E-state index in [2.05, 4.69) is 111 Å². The zero-order valence-electron chi connectivity index (χ0n) is 21.6. The third-order valence-corrected chi connectivity index (χ3v) is 6.52. The van der Waals surface area contributed by atoms with Crippen LogP contribution < -0.4 is 0 Å². The molecule has 4 rings (SSSR count). The van der Waals surface area contributed by atoms with Crippen molar-refractivity contribution >= 4 is 12.0 Å². The molecule has 0 aliphatic heterocycles. The summed E-state index contributed by atoms with van der Waals surface area (Å²) in [5.41, 5.74) is 10.9. The van der Waals surface area contributed by atoms with Gasteiger partial charge in [-0.05, 0) is 87.5 Å². The van der Waals surface area contributed by atoms with Crippen LogP contribution in [0.2, 0.25) is 0 Å². The lowest BCUT2D eigenvalue weighted by atomic mass is 9.92. The number of hydrogen-bond acceptors (Lipinski definition) is 2. The normalized spacial score (nSPS) is 10.6. The summed E-state index contributed by atoms with van der Waals surface area (Å²) >= 11 is 0. The number of rotatable bonds is 11. The molecule has 0 fully saturated rings. The molecule has 0 saturated heterocycles. The van der Waals surface area contributed by atoms with Crippen LogP contribution in [0.1, 0.15) is 36.5 Å². The van der Waals surface area contributed by atoms with Crippen molar-refractivity contribution in [2.45, 2.75) is 32.6 Å². The minimum absolute atomic E-state index is 0.370. The lowest BCUT2D eigenvalue weighted by molar-refractivity contribution is -0.137. The molecule has 0 amide bonds. The molecule has 37 heavy (non-hydrogen) atoms. The maximum absolute atomic E-state index is 11.2. The topological polar surface area (TPSA) is 26.3 Å². The third kappa shape index (κ3) is 6.95. The van der Waals surface area contributed by atoms with Crippen molar-refractivity contribution < 1.29 is 9.53 Å². The summed E-state index contributed by atoms with van der Waals surface area (Å²) in [6.07, 6.45) is 6.93. The van der Waals surface area contributed by atoms with Gasteiger partial charge in [0.1, 0.15) is 0 Å². The fourth-order valence-corrected chi connectivity index (χ4v) is 4.51. The summed E-state index contributed by atoms with van der Waals surface area (Å²) in [7, 11) is 0. The van der Waals surface area contributed by atoms with Gasteiger partial charge in [0.25, 0.3) is 0 Å². The summed E-state index contributed by atoms with van der Waals surface area (Å²) in [4.78, 5) is 11.2. The monoisotopic (exact) mass is 486 g/mol. The highest BCUT2D eigenvalue weighted by Crippen LogP contribution is 2.33. The van der Waals surface area contributed by atoms with E-state index in [-0.39, 0.29) is 5.97 Å². The minimum Gasteiger partial charge on any atom is -0.463 e. The number of carbonyl (C=O) groups excluding carboxylic acids is 1. The van der Waals surface area contributed by atoms with Gasteiger partial charge in [-0.25, -0.2) is 4.79 Å². The van der Waals surface area contributed by atoms with Crippen molar-refractivity contribution in [1.82, 2.24) is 0 Å². The van der Waals surface area contributed by atoms with E-state index in [0.717, 1.165) is 31.2 Å². The number of benzene rings is 4. The number of hydrogen-bond donors (Lipinski definition) is 0. The van der Waals surface area contributed by atoms with Crippen LogP contribution in [0.3, 0.4) is 0 Å². The molecule has 0 aliphatic carbocycles. The first kappa shape index (κ1) is 25.9. The van der Waals surface area contributed by atoms with Crippen molar-refractivity contribution in [3.8, 4) is 33.4 Å². The summed E-state index contributed by atoms with van der Waals surface area (Å²) in [5, 5.41) is 0. The first-order chi connectivity index (χ1) is 18.1. The predicted molar refractivity (Wildman–Crippen MR) is 156 cm³/mol. The van der Waals surface area contributed by atoms with Gasteiger partial charge in [0.05, 0.1) is 6.61 Å². The molecule has 0 N–H and O–H groups in total. The average molecular weight is 487 g/mol. The van der Waals surface area contributed by atoms with E-state index in [1.807, 2.05) is 6.08 Å². The SMILES string of the molecule is C=CC(=O)OCCCc1ccc(-c2cc(-c3ccc(C=C)cc3)cc(-c3cccc(CCC)c3)c2)cc1. The van der Waals surface area contributed by atoms with E-state index < -0.39 is 0 Å². The molecule has 186 valence electrons. The van der Waals surface area contributed by atoms with E-state index >= 15 is 0 Å². The summed E-state index contributed by atoms with van der Waals surface area (Å²) in [6.45, 7) is 9.93. The number of esters is 1. The number of ether oxygens (including phenoxy) is 1. The van der Waals surface area contributed by atoms with Crippen LogP contribution in [-0.4, -0.2) is 12.6 Å². The van der Waals surface area contributed by atoms with E-state index in [1.165, 1.54) is 50.6 Å². The molecule has 0 atom stereocenters. The fraction of sp³-hybridized carbons (Fsp3) is 0.171. The largest absolute Gasteiger partial charge is 0.463 e. The molecule has 2 heteroatoms. The molecule has 0 bridgehead atoms. The fourth-order valence-electron chi connectivity index (χ4n) is 4.51. The van der Waals surface area contributed by atoms with Crippen LogP contribution in [0, 0.1) is 0 Å². The Morgan fingerprint density at radius 3 is 1.92 bits per heavy atom. The van der Waals surface area contributed by atoms with Gasteiger partial charge in [-0.2, -0.15) is 0 Å². The van der Waals surface area contributed by atoms with Gasteiger partial charge in [-0.15, -0.1) is 0 Å². The Balaban J connectivity index is 1.65. The molecule has 4 aromatic carbocycles. The van der Waals surface area contributed by atoms with Gasteiger partial charge >= 0.3 is 5.97 Å². The highest BCUT2D eigenvalue weighted by atomic mass is 16.5. The van der Waals surface area contributed by atoms with Gasteiger partial charge in [0.2, 0.25) is 0 Å². The molecule has 0 heterocycles. The smallest absolute Gasteiger partial charge is 0.330 e. The van der Waals surface area contributed by atoms with E-state index in [4.69, 9.17) is 4.74 Å². The summed E-state index contributed by atoms with van der Waals surface area (Å²) in [5.74, 6) is -0.370. The van der Waals surface area contributed by atoms with Gasteiger partial charge in [-0.1, -0.05) is 105 Å². The van der Waals surface area contributed by atoms with Gasteiger partial charge in [-0.3, -0.25) is 0 Å². The third-order valence-electron chi connectivity index (χ3n) is 6.52. The molecule has 0 radical (unpaired) electrons. The van der Waals surface area contributed by atoms with Crippen LogP contribution in [0.15, 0.2) is 110 Å². The minimum atomic E-state index is -0.370. The van der Waals surface area contributed by atoms with E-state index in [9.17, 15) is 4.79 Å². The van der Waals surface area contributed by atoms with E-state index in [1.54, 1.807) is 0 Å². The van der Waals surface area contributed by atoms with Gasteiger partial charge in [0.15, 0.2) is 0 Å². The maximum Gasteiger partial charge on any atom is 0.330 e. The van der Waals surface area contributed by atoms with Crippen LogP contribution in [0.25, 0.3) is 39.5 Å². The lowest BCUT2D eigenvalue weighted by Gasteiger charge is -2.13. The van der Waals surface area contributed by atoms with Crippen molar-refractivity contribution in [2.75, 3.05) is 6.61 Å². The van der Waals surface area contributed by atoms with Crippen molar-refractivity contribution in [3.05, 3.63) is 127 Å². The Hall–Kier alpha value is -4.17. The molecule has 4 aromatic rings. The van der Waals surface area contributed by atoms with E-state index in [0.29, 0.717) is 6.61 Å². The van der Waals surface area contributed by atoms with Crippen molar-refractivity contribution in [3.63, 3.8) is 0 Å². The second kappa shape index (κ2) is 12.7. The Kier molecular flexibility index (Phi) is 8.89. The molecular weight excluding hydrogens is 452 g/mol. The lowest BCUT2D eigenvalue weighted by Crippen LogP contribution is -2.02. The molecule has 0 spiro atoms. The van der Waals surface area contributed by atoms with Crippen LogP contribution in [0.5, 0.6) is 0 Å². The predicted octanol–water partition coefficient (Wildman–Crippen LogP) is 8.94. The molecule has 0 unspecified atom stereocenters. The Morgan fingerprint density at radius 2 is 1.32 bits per heavy atom. The number of carbonyl (C=O) groups is 1. The van der Waals surface area contributed by atoms with Crippen LogP contribution in [0.4, 0.5) is 0 Å². The molecule has 2 nitrogen and oxygen atoms in total. The van der Waals surface area contributed by atoms with Crippen molar-refractivity contribution in [1.29, 1.82) is 0 Å². The highest BCUT2D eigenvalue weighted by molar-refractivity contribution is 5.82. The first-order valence-corrected chi connectivity index (χ1v) is 13.0. The zero-order valence-corrected chi connectivity index (χ0v) is 21.6. The maximum atomic E-state index is 11.2. The summed E-state index contributed by atoms with van der Waals surface area (Å²) < 4.78 is 5.09. The Labute approximate surface area is 221 Å². The quantitative estimate of drug-likeness (QED) is 0.120. The molecule has 0 saturated carbocycles. The Morgan fingerprint density at radius 1 is 0.703 bits per heavy atom. The van der Waals surface area contributed by atoms with Gasteiger partial charge < -0.3 is 4.74 Å². The summed E-state index contributed by atoms with van der Waals surface area (Å²) in [6, 6.07) is 33.0. The zero-order chi connectivity index (χ0) is 26.0. The molecule has 0 aromatic heterocycles. The molecule has 0 aliphatic rings. The Bertz CT molecular complexity index is 1360. The van der Waals surface area contributed by atoms with Gasteiger partial charge in [0, 0.05) is 6.08 Å². The first-order valence-electron chi connectivity index (χ1n) is 13.0. The second-order valence-electron chi connectivity index (χ2n) is 9.25. The molecular formula is C35H34O2. The standard InChI is InChI=1S/C35H34O2/c1-4-9-28-10-7-12-31(22-28)34-24-32(29-17-13-26(5-2)14-18-29)23-33(25-34)30-19-15-27(16-20-30)11-8-21-37-35(36)6-3/h5-7,10,12-20,22-25H,2-4,8-9,11,21H2,1H3. The number of aryl methyl sites for hydroxylation is 2. The van der Waals surface area contributed by atoms with Crippen molar-refractivity contribution in [2.24, 2.45) is 0 Å². The average Bonchev–Trinajstić information content (AvgIpc) is 2.95.